The molecule has 0 bridgehead atoms. The minimum Gasteiger partial charge on any atom is -0.347 e. The van der Waals surface area contributed by atoms with Gasteiger partial charge >= 0.3 is 0 Å². The van der Waals surface area contributed by atoms with Crippen LogP contribution in [0.15, 0.2) is 30.5 Å². The fourth-order valence-corrected chi connectivity index (χ4v) is 2.99. The lowest BCUT2D eigenvalue weighted by atomic mass is 10.0. The molecule has 2 heteroatoms. The molecule has 0 saturated heterocycles. The molecule has 2 nitrogen and oxygen atoms in total. The molecule has 2 aromatic rings. The van der Waals surface area contributed by atoms with Crippen LogP contribution in [0.1, 0.15) is 46.1 Å². The quantitative estimate of drug-likeness (QED) is 0.749. The van der Waals surface area contributed by atoms with Gasteiger partial charge in [-0.3, -0.25) is 0 Å². The molecule has 0 aliphatic carbocycles. The minimum absolute atomic E-state index is 0.558. The van der Waals surface area contributed by atoms with Gasteiger partial charge in [0.15, 0.2) is 0 Å². The zero-order chi connectivity index (χ0) is 15.2. The van der Waals surface area contributed by atoms with Crippen LogP contribution in [-0.2, 0) is 13.0 Å². The Morgan fingerprint density at radius 2 is 1.81 bits per heavy atom. The summed E-state index contributed by atoms with van der Waals surface area (Å²) in [5.41, 5.74) is 2.87. The van der Waals surface area contributed by atoms with E-state index in [1.807, 2.05) is 0 Å². The molecule has 0 atom stereocenters. The summed E-state index contributed by atoms with van der Waals surface area (Å²) in [6, 6.07) is 9.40. The second kappa shape index (κ2) is 7.65. The van der Waals surface area contributed by atoms with Crippen molar-refractivity contribution in [2.75, 3.05) is 6.54 Å². The number of benzene rings is 1. The van der Waals surface area contributed by atoms with Gasteiger partial charge in [-0.25, -0.2) is 0 Å². The minimum atomic E-state index is 0.558. The number of rotatable bonds is 8. The van der Waals surface area contributed by atoms with Crippen LogP contribution in [0, 0.1) is 5.92 Å². The number of hydrogen-bond acceptors (Lipinski definition) is 1. The van der Waals surface area contributed by atoms with Crippen molar-refractivity contribution in [2.45, 2.75) is 59.5 Å². The molecule has 0 radical (unpaired) electrons. The highest BCUT2D eigenvalue weighted by Gasteiger charge is 2.11. The van der Waals surface area contributed by atoms with Crippen LogP contribution in [0.25, 0.3) is 10.9 Å². The predicted octanol–water partition coefficient (Wildman–Crippen LogP) is 4.62. The van der Waals surface area contributed by atoms with Crippen molar-refractivity contribution in [3.63, 3.8) is 0 Å². The van der Waals surface area contributed by atoms with Crippen molar-refractivity contribution in [3.8, 4) is 0 Å². The maximum absolute atomic E-state index is 3.52. The topological polar surface area (TPSA) is 17.0 Å². The van der Waals surface area contributed by atoms with Gasteiger partial charge in [-0.05, 0) is 30.5 Å². The number of para-hydroxylation sites is 1. The Labute approximate surface area is 129 Å². The Balaban J connectivity index is 2.21. The van der Waals surface area contributed by atoms with Crippen LogP contribution in [0.4, 0.5) is 0 Å². The van der Waals surface area contributed by atoms with Gasteiger partial charge in [0.25, 0.3) is 0 Å². The van der Waals surface area contributed by atoms with Gasteiger partial charge in [-0.2, -0.15) is 0 Å². The monoisotopic (exact) mass is 286 g/mol. The summed E-state index contributed by atoms with van der Waals surface area (Å²) in [5.74, 6) is 0.780. The second-order valence-electron chi connectivity index (χ2n) is 6.37. The molecule has 21 heavy (non-hydrogen) atoms. The molecule has 2 rings (SSSR count). The Bertz CT molecular complexity index is 550. The van der Waals surface area contributed by atoms with Crippen molar-refractivity contribution in [1.82, 2.24) is 9.88 Å². The Morgan fingerprint density at radius 1 is 1.10 bits per heavy atom. The first-order valence-electron chi connectivity index (χ1n) is 8.45. The Morgan fingerprint density at radius 3 is 2.48 bits per heavy atom. The average molecular weight is 286 g/mol. The summed E-state index contributed by atoms with van der Waals surface area (Å²) >= 11 is 0. The molecule has 0 aliphatic heterocycles. The lowest BCUT2D eigenvalue weighted by Crippen LogP contribution is -2.24. The van der Waals surface area contributed by atoms with Crippen LogP contribution >= 0.6 is 0 Å². The third-order valence-corrected chi connectivity index (χ3v) is 4.43. The first-order valence-corrected chi connectivity index (χ1v) is 8.45. The van der Waals surface area contributed by atoms with Crippen LogP contribution in [0.5, 0.6) is 0 Å². The van der Waals surface area contributed by atoms with Crippen molar-refractivity contribution < 1.29 is 0 Å². The fraction of sp³-hybridized carbons (Fsp3) is 0.579. The normalized spacial score (nSPS) is 11.9. The van der Waals surface area contributed by atoms with E-state index in [1.54, 1.807) is 0 Å². The number of aromatic nitrogens is 1. The molecule has 1 heterocycles. The largest absolute Gasteiger partial charge is 0.347 e. The van der Waals surface area contributed by atoms with Gasteiger partial charge in [-0.1, -0.05) is 58.7 Å². The number of fused-ring (bicyclic) bond motifs is 1. The molecule has 0 aliphatic rings. The highest BCUT2D eigenvalue weighted by atomic mass is 15.0. The van der Waals surface area contributed by atoms with Crippen LogP contribution in [0.2, 0.25) is 0 Å². The Hall–Kier alpha value is -1.28. The number of hydrogen-bond donors (Lipinski definition) is 1. The zero-order valence-corrected chi connectivity index (χ0v) is 14.0. The molecule has 0 amide bonds. The van der Waals surface area contributed by atoms with Crippen molar-refractivity contribution in [2.24, 2.45) is 5.92 Å². The molecule has 0 spiro atoms. The zero-order valence-electron chi connectivity index (χ0n) is 14.0. The summed E-state index contributed by atoms with van der Waals surface area (Å²) < 4.78 is 2.47. The smallest absolute Gasteiger partial charge is 0.0483 e. The van der Waals surface area contributed by atoms with E-state index in [2.05, 4.69) is 68.0 Å². The highest BCUT2D eigenvalue weighted by Crippen LogP contribution is 2.24. The second-order valence-corrected chi connectivity index (χ2v) is 6.37. The van der Waals surface area contributed by atoms with Gasteiger partial charge in [0.1, 0.15) is 0 Å². The molecule has 1 N–H and O–H groups in total. The average Bonchev–Trinajstić information content (AvgIpc) is 2.83. The number of nitrogens with one attached hydrogen (secondary N) is 1. The SMILES string of the molecule is CCC(CC)Cn1cc(CCNC(C)C)c2ccccc21. The summed E-state index contributed by atoms with van der Waals surface area (Å²) in [6.07, 6.45) is 6.00. The van der Waals surface area contributed by atoms with Crippen molar-refractivity contribution in [1.29, 1.82) is 0 Å². The van der Waals surface area contributed by atoms with Gasteiger partial charge in [0.2, 0.25) is 0 Å². The highest BCUT2D eigenvalue weighted by molar-refractivity contribution is 5.84. The molecular weight excluding hydrogens is 256 g/mol. The van der Waals surface area contributed by atoms with E-state index in [1.165, 1.54) is 29.3 Å². The van der Waals surface area contributed by atoms with E-state index in [0.29, 0.717) is 6.04 Å². The summed E-state index contributed by atoms with van der Waals surface area (Å²) in [4.78, 5) is 0. The van der Waals surface area contributed by atoms with Crippen LogP contribution < -0.4 is 5.32 Å². The predicted molar refractivity (Wildman–Crippen MR) is 92.9 cm³/mol. The fourth-order valence-electron chi connectivity index (χ4n) is 2.99. The molecule has 1 aromatic heterocycles. The van der Waals surface area contributed by atoms with E-state index in [0.717, 1.165) is 25.4 Å². The molecular formula is C19H30N2. The molecule has 0 unspecified atom stereocenters. The van der Waals surface area contributed by atoms with Gasteiger partial charge in [-0.15, -0.1) is 0 Å². The third kappa shape index (κ3) is 4.10. The maximum Gasteiger partial charge on any atom is 0.0483 e. The maximum atomic E-state index is 3.52. The van der Waals surface area contributed by atoms with Crippen LogP contribution in [-0.4, -0.2) is 17.2 Å². The molecule has 116 valence electrons. The van der Waals surface area contributed by atoms with E-state index in [9.17, 15) is 0 Å². The molecule has 0 fully saturated rings. The number of nitrogens with zero attached hydrogens (tertiary/aromatic N) is 1. The van der Waals surface area contributed by atoms with E-state index >= 15 is 0 Å². The van der Waals surface area contributed by atoms with Gasteiger partial charge in [0.05, 0.1) is 0 Å². The van der Waals surface area contributed by atoms with Crippen LogP contribution in [0.3, 0.4) is 0 Å². The first-order chi connectivity index (χ1) is 10.2. The third-order valence-electron chi connectivity index (χ3n) is 4.43. The summed E-state index contributed by atoms with van der Waals surface area (Å²) in [7, 11) is 0. The van der Waals surface area contributed by atoms with Gasteiger partial charge in [0, 0.05) is 29.7 Å². The standard InChI is InChI=1S/C19H30N2/c1-5-16(6-2)13-21-14-17(11-12-20-15(3)4)18-9-7-8-10-19(18)21/h7-10,14-16,20H,5-6,11-13H2,1-4H3. The first kappa shape index (κ1) is 16.1. The lowest BCUT2D eigenvalue weighted by molar-refractivity contribution is 0.425. The Kier molecular flexibility index (Phi) is 5.86. The summed E-state index contributed by atoms with van der Waals surface area (Å²) in [5, 5.41) is 4.95. The summed E-state index contributed by atoms with van der Waals surface area (Å²) in [6.45, 7) is 11.2. The van der Waals surface area contributed by atoms with E-state index < -0.39 is 0 Å². The lowest BCUT2D eigenvalue weighted by Gasteiger charge is -2.14. The van der Waals surface area contributed by atoms with E-state index in [4.69, 9.17) is 0 Å². The van der Waals surface area contributed by atoms with Crippen molar-refractivity contribution in [3.05, 3.63) is 36.0 Å². The van der Waals surface area contributed by atoms with E-state index in [-0.39, 0.29) is 0 Å². The van der Waals surface area contributed by atoms with Gasteiger partial charge < -0.3 is 9.88 Å². The van der Waals surface area contributed by atoms with Crippen molar-refractivity contribution >= 4 is 10.9 Å². The molecule has 1 aromatic carbocycles. The molecule has 0 saturated carbocycles.